The molecule has 2 heterocycles. The van der Waals surface area contributed by atoms with Crippen LogP contribution >= 0.6 is 11.6 Å². The van der Waals surface area contributed by atoms with Crippen molar-refractivity contribution in [2.45, 2.75) is 0 Å². The summed E-state index contributed by atoms with van der Waals surface area (Å²) in [6.07, 6.45) is 1.66. The summed E-state index contributed by atoms with van der Waals surface area (Å²) in [4.78, 5) is 4.30. The Morgan fingerprint density at radius 1 is 1.22 bits per heavy atom. The van der Waals surface area contributed by atoms with Crippen LogP contribution in [0.5, 0.6) is 0 Å². The van der Waals surface area contributed by atoms with Crippen molar-refractivity contribution < 1.29 is 4.52 Å². The molecule has 0 aliphatic rings. The Balaban J connectivity index is 1.65. The normalized spacial score (nSPS) is 11.0. The molecule has 0 unspecified atom stereocenters. The van der Waals surface area contributed by atoms with E-state index in [0.29, 0.717) is 22.2 Å². The summed E-state index contributed by atoms with van der Waals surface area (Å²) >= 11 is 6.35. The van der Waals surface area contributed by atoms with E-state index in [4.69, 9.17) is 21.9 Å². The van der Waals surface area contributed by atoms with Gasteiger partial charge in [0, 0.05) is 16.6 Å². The second-order valence-electron chi connectivity index (χ2n) is 4.93. The first-order valence-corrected chi connectivity index (χ1v) is 7.17. The van der Waals surface area contributed by atoms with Crippen molar-refractivity contribution in [2.24, 2.45) is 0 Å². The first-order valence-electron chi connectivity index (χ1n) is 6.79. The first-order chi connectivity index (χ1) is 11.2. The van der Waals surface area contributed by atoms with Gasteiger partial charge in [-0.1, -0.05) is 28.9 Å². The molecule has 0 saturated heterocycles. The Morgan fingerprint density at radius 3 is 3.00 bits per heavy atom. The van der Waals surface area contributed by atoms with Crippen LogP contribution in [0.15, 0.2) is 47.1 Å². The zero-order chi connectivity index (χ0) is 15.8. The molecule has 0 saturated carbocycles. The molecular weight excluding hydrogens is 316 g/mol. The van der Waals surface area contributed by atoms with Gasteiger partial charge in [0.25, 0.3) is 0 Å². The van der Waals surface area contributed by atoms with Crippen molar-refractivity contribution in [3.8, 4) is 11.4 Å². The minimum atomic E-state index is 0.243. The molecule has 0 radical (unpaired) electrons. The molecule has 0 bridgehead atoms. The molecule has 2 aromatic heterocycles. The number of aromatic amines is 1. The van der Waals surface area contributed by atoms with E-state index in [0.717, 1.165) is 16.5 Å². The van der Waals surface area contributed by atoms with Crippen LogP contribution in [0.2, 0.25) is 5.02 Å². The summed E-state index contributed by atoms with van der Waals surface area (Å²) in [5, 5.41) is 15.1. The molecule has 0 aliphatic heterocycles. The molecule has 4 aromatic rings. The number of nitrogen functional groups attached to an aromatic ring is 1. The topological polar surface area (TPSA) is 106 Å². The number of rotatable bonds is 3. The fourth-order valence-corrected chi connectivity index (χ4v) is 2.52. The highest BCUT2D eigenvalue weighted by molar-refractivity contribution is 6.38. The van der Waals surface area contributed by atoms with Gasteiger partial charge in [-0.25, -0.2) is 0 Å². The highest BCUT2D eigenvalue weighted by Crippen LogP contribution is 2.32. The van der Waals surface area contributed by atoms with E-state index in [-0.39, 0.29) is 6.01 Å². The van der Waals surface area contributed by atoms with E-state index >= 15 is 0 Å². The SMILES string of the molecule is Nc1cccc(-c2noc(Nc3ccc4[nH]ncc4c3Cl)n2)c1. The Bertz CT molecular complexity index is 992. The van der Waals surface area contributed by atoms with Crippen LogP contribution < -0.4 is 11.1 Å². The maximum atomic E-state index is 6.35. The number of nitrogens with two attached hydrogens (primary N) is 1. The molecule has 7 nitrogen and oxygen atoms in total. The number of nitrogens with zero attached hydrogens (tertiary/aromatic N) is 3. The Labute approximate surface area is 135 Å². The maximum absolute atomic E-state index is 6.35. The minimum Gasteiger partial charge on any atom is -0.399 e. The average Bonchev–Trinajstić information content (AvgIpc) is 3.20. The van der Waals surface area contributed by atoms with Crippen LogP contribution in [-0.2, 0) is 0 Å². The van der Waals surface area contributed by atoms with Gasteiger partial charge < -0.3 is 15.6 Å². The molecule has 0 fully saturated rings. The second-order valence-corrected chi connectivity index (χ2v) is 5.31. The standard InChI is InChI=1S/C15H11ClN6O/c16-13-10-7-18-21-11(10)4-5-12(13)19-15-20-14(22-23-15)8-2-1-3-9(17)6-8/h1-7H,17H2,(H,18,21)(H,19,20,22). The predicted molar refractivity (Wildman–Crippen MR) is 88.5 cm³/mol. The monoisotopic (exact) mass is 326 g/mol. The van der Waals surface area contributed by atoms with Gasteiger partial charge in [0.05, 0.1) is 22.4 Å². The van der Waals surface area contributed by atoms with Crippen LogP contribution in [-0.4, -0.2) is 20.3 Å². The lowest BCUT2D eigenvalue weighted by molar-refractivity contribution is 0.435. The van der Waals surface area contributed by atoms with Gasteiger partial charge in [0.2, 0.25) is 5.82 Å². The van der Waals surface area contributed by atoms with Gasteiger partial charge >= 0.3 is 6.01 Å². The van der Waals surface area contributed by atoms with E-state index in [1.165, 1.54) is 0 Å². The van der Waals surface area contributed by atoms with Crippen molar-refractivity contribution in [3.63, 3.8) is 0 Å². The quantitative estimate of drug-likeness (QED) is 0.497. The number of H-pyrrole nitrogens is 1. The molecule has 0 aliphatic carbocycles. The number of anilines is 3. The third-order valence-electron chi connectivity index (χ3n) is 3.37. The average molecular weight is 327 g/mol. The molecule has 8 heteroatoms. The second kappa shape index (κ2) is 5.29. The Kier molecular flexibility index (Phi) is 3.13. The van der Waals surface area contributed by atoms with Crippen molar-refractivity contribution in [3.05, 3.63) is 47.6 Å². The van der Waals surface area contributed by atoms with E-state index in [9.17, 15) is 0 Å². The number of fused-ring (bicyclic) bond motifs is 1. The summed E-state index contributed by atoms with van der Waals surface area (Å²) in [5.74, 6) is 0.445. The largest absolute Gasteiger partial charge is 0.399 e. The van der Waals surface area contributed by atoms with Crippen molar-refractivity contribution in [2.75, 3.05) is 11.1 Å². The summed E-state index contributed by atoms with van der Waals surface area (Å²) < 4.78 is 5.22. The number of aromatic nitrogens is 4. The van der Waals surface area contributed by atoms with Crippen LogP contribution in [0.25, 0.3) is 22.3 Å². The number of halogens is 1. The summed E-state index contributed by atoms with van der Waals surface area (Å²) in [5.41, 5.74) is 8.68. The first kappa shape index (κ1) is 13.6. The van der Waals surface area contributed by atoms with Gasteiger partial charge in [-0.15, -0.1) is 0 Å². The lowest BCUT2D eigenvalue weighted by atomic mass is 10.2. The van der Waals surface area contributed by atoms with E-state index in [2.05, 4.69) is 25.7 Å². The summed E-state index contributed by atoms with van der Waals surface area (Å²) in [7, 11) is 0. The number of nitrogens with one attached hydrogen (secondary N) is 2. The molecule has 0 atom stereocenters. The lowest BCUT2D eigenvalue weighted by Gasteiger charge is -2.04. The highest BCUT2D eigenvalue weighted by atomic mass is 35.5. The predicted octanol–water partition coefficient (Wildman–Crippen LogP) is 3.59. The smallest absolute Gasteiger partial charge is 0.326 e. The molecule has 2 aromatic carbocycles. The van der Waals surface area contributed by atoms with Crippen molar-refractivity contribution in [1.82, 2.24) is 20.3 Å². The molecule has 23 heavy (non-hydrogen) atoms. The van der Waals surface area contributed by atoms with Crippen LogP contribution in [0, 0.1) is 0 Å². The third kappa shape index (κ3) is 2.47. The molecule has 0 amide bonds. The lowest BCUT2D eigenvalue weighted by Crippen LogP contribution is -1.92. The van der Waals surface area contributed by atoms with E-state index in [1.54, 1.807) is 18.3 Å². The molecule has 114 valence electrons. The summed E-state index contributed by atoms with van der Waals surface area (Å²) in [6.45, 7) is 0. The molecule has 4 N–H and O–H groups in total. The van der Waals surface area contributed by atoms with Gasteiger partial charge in [-0.05, 0) is 24.3 Å². The number of hydrogen-bond donors (Lipinski definition) is 3. The summed E-state index contributed by atoms with van der Waals surface area (Å²) in [6, 6.07) is 11.2. The van der Waals surface area contributed by atoms with Crippen molar-refractivity contribution >= 4 is 39.9 Å². The van der Waals surface area contributed by atoms with E-state index < -0.39 is 0 Å². The fraction of sp³-hybridized carbons (Fsp3) is 0. The van der Waals surface area contributed by atoms with Crippen LogP contribution in [0.3, 0.4) is 0 Å². The maximum Gasteiger partial charge on any atom is 0.326 e. The van der Waals surface area contributed by atoms with Crippen LogP contribution in [0.4, 0.5) is 17.4 Å². The third-order valence-corrected chi connectivity index (χ3v) is 3.78. The van der Waals surface area contributed by atoms with Gasteiger partial charge in [-0.2, -0.15) is 10.1 Å². The zero-order valence-electron chi connectivity index (χ0n) is 11.7. The van der Waals surface area contributed by atoms with Gasteiger partial charge in [0.1, 0.15) is 0 Å². The highest BCUT2D eigenvalue weighted by Gasteiger charge is 2.12. The van der Waals surface area contributed by atoms with Crippen molar-refractivity contribution in [1.29, 1.82) is 0 Å². The fourth-order valence-electron chi connectivity index (χ4n) is 2.26. The Hall–Kier alpha value is -3.06. The molecular formula is C15H11ClN6O. The van der Waals surface area contributed by atoms with E-state index in [1.807, 2.05) is 24.3 Å². The number of hydrogen-bond acceptors (Lipinski definition) is 6. The van der Waals surface area contributed by atoms with Gasteiger partial charge in [0.15, 0.2) is 0 Å². The zero-order valence-corrected chi connectivity index (χ0v) is 12.5. The van der Waals surface area contributed by atoms with Crippen LogP contribution in [0.1, 0.15) is 0 Å². The molecule has 4 rings (SSSR count). The Morgan fingerprint density at radius 2 is 2.13 bits per heavy atom. The minimum absolute atomic E-state index is 0.243. The number of benzene rings is 2. The van der Waals surface area contributed by atoms with Gasteiger partial charge in [-0.3, -0.25) is 5.10 Å². The molecule has 0 spiro atoms.